The van der Waals surface area contributed by atoms with E-state index in [4.69, 9.17) is 0 Å². The Hall–Kier alpha value is -2.43. The molecular formula is C19H19FN4O3S2. The van der Waals surface area contributed by atoms with Crippen molar-refractivity contribution in [1.82, 2.24) is 18.4 Å². The lowest BCUT2D eigenvalue weighted by atomic mass is 9.97. The Morgan fingerprint density at radius 3 is 2.59 bits per heavy atom. The predicted octanol–water partition coefficient (Wildman–Crippen LogP) is 2.55. The molecule has 1 fully saturated rings. The number of halogens is 1. The summed E-state index contributed by atoms with van der Waals surface area (Å²) in [5.41, 5.74) is 1.76. The minimum absolute atomic E-state index is 0.114. The molecule has 1 aliphatic rings. The van der Waals surface area contributed by atoms with Gasteiger partial charge in [0.2, 0.25) is 15.9 Å². The van der Waals surface area contributed by atoms with Crippen molar-refractivity contribution < 1.29 is 17.6 Å². The number of hydrogen-bond donors (Lipinski definition) is 1. The van der Waals surface area contributed by atoms with E-state index in [9.17, 15) is 17.6 Å². The highest BCUT2D eigenvalue weighted by Gasteiger charge is 2.33. The van der Waals surface area contributed by atoms with E-state index < -0.39 is 10.0 Å². The van der Waals surface area contributed by atoms with Crippen LogP contribution in [0.4, 0.5) is 4.39 Å². The number of carbonyl (C=O) groups excluding carboxylic acids is 1. The average Bonchev–Trinajstić information content (AvgIpc) is 3.22. The number of aromatic nitrogens is 2. The van der Waals surface area contributed by atoms with Gasteiger partial charge in [-0.15, -0.1) is 0 Å². The quantitative estimate of drug-likeness (QED) is 0.666. The first-order valence-corrected chi connectivity index (χ1v) is 11.4. The molecule has 4 rings (SSSR count). The van der Waals surface area contributed by atoms with Crippen LogP contribution in [0.25, 0.3) is 11.0 Å². The van der Waals surface area contributed by atoms with Crippen molar-refractivity contribution in [1.29, 1.82) is 0 Å². The molecule has 3 aromatic rings. The van der Waals surface area contributed by atoms with E-state index in [0.29, 0.717) is 30.4 Å². The zero-order valence-electron chi connectivity index (χ0n) is 15.4. The third-order valence-corrected chi connectivity index (χ3v) is 7.54. The van der Waals surface area contributed by atoms with Crippen molar-refractivity contribution in [3.8, 4) is 0 Å². The van der Waals surface area contributed by atoms with Gasteiger partial charge in [-0.25, -0.2) is 12.8 Å². The van der Waals surface area contributed by atoms with Gasteiger partial charge in [-0.2, -0.15) is 13.1 Å². The SMILES string of the molecule is O=C(NCc1ccc(F)cc1)C1CCN(S(=O)(=O)c2cccc3nsnc23)CC1. The minimum Gasteiger partial charge on any atom is -0.352 e. The number of amides is 1. The minimum atomic E-state index is -3.70. The van der Waals surface area contributed by atoms with E-state index in [1.165, 1.54) is 16.4 Å². The lowest BCUT2D eigenvalue weighted by Crippen LogP contribution is -2.42. The molecular weight excluding hydrogens is 415 g/mol. The lowest BCUT2D eigenvalue weighted by molar-refractivity contribution is -0.126. The third kappa shape index (κ3) is 4.14. The number of carbonyl (C=O) groups is 1. The Balaban J connectivity index is 1.38. The Morgan fingerprint density at radius 1 is 1.14 bits per heavy atom. The molecule has 2 aromatic carbocycles. The second-order valence-electron chi connectivity index (χ2n) is 6.91. The molecule has 0 bridgehead atoms. The summed E-state index contributed by atoms with van der Waals surface area (Å²) in [6.07, 6.45) is 0.888. The van der Waals surface area contributed by atoms with Gasteiger partial charge in [0.15, 0.2) is 0 Å². The molecule has 1 aromatic heterocycles. The molecule has 0 radical (unpaired) electrons. The Labute approximate surface area is 171 Å². The van der Waals surface area contributed by atoms with E-state index in [1.807, 2.05) is 0 Å². The Morgan fingerprint density at radius 2 is 1.86 bits per heavy atom. The Kier molecular flexibility index (Phi) is 5.57. The average molecular weight is 435 g/mol. The second-order valence-corrected chi connectivity index (χ2v) is 9.35. The molecule has 29 heavy (non-hydrogen) atoms. The number of rotatable bonds is 5. The summed E-state index contributed by atoms with van der Waals surface area (Å²) in [6.45, 7) is 0.853. The second kappa shape index (κ2) is 8.13. The van der Waals surface area contributed by atoms with Crippen LogP contribution in [0.15, 0.2) is 47.4 Å². The third-order valence-electron chi connectivity index (χ3n) is 5.07. The summed E-state index contributed by atoms with van der Waals surface area (Å²) in [5.74, 6) is -0.686. The molecule has 2 heterocycles. The maximum absolute atomic E-state index is 13.0. The molecule has 0 atom stereocenters. The van der Waals surface area contributed by atoms with Crippen LogP contribution in [-0.2, 0) is 21.4 Å². The molecule has 152 valence electrons. The molecule has 1 saturated heterocycles. The van der Waals surface area contributed by atoms with Crippen LogP contribution < -0.4 is 5.32 Å². The number of hydrogen-bond acceptors (Lipinski definition) is 6. The van der Waals surface area contributed by atoms with Crippen molar-refractivity contribution in [3.63, 3.8) is 0 Å². The van der Waals surface area contributed by atoms with Crippen LogP contribution in [0.5, 0.6) is 0 Å². The number of sulfonamides is 1. The van der Waals surface area contributed by atoms with Crippen molar-refractivity contribution in [2.75, 3.05) is 13.1 Å². The number of nitrogens with one attached hydrogen (secondary N) is 1. The normalized spacial score (nSPS) is 16.2. The molecule has 1 amide bonds. The van der Waals surface area contributed by atoms with E-state index in [2.05, 4.69) is 14.1 Å². The molecule has 0 aliphatic carbocycles. The van der Waals surface area contributed by atoms with Crippen molar-refractivity contribution in [2.24, 2.45) is 5.92 Å². The highest BCUT2D eigenvalue weighted by atomic mass is 32.2. The largest absolute Gasteiger partial charge is 0.352 e. The van der Waals surface area contributed by atoms with E-state index in [0.717, 1.165) is 17.3 Å². The van der Waals surface area contributed by atoms with Crippen LogP contribution in [0.3, 0.4) is 0 Å². The molecule has 1 aliphatic heterocycles. The molecule has 0 spiro atoms. The first kappa shape index (κ1) is 19.9. The van der Waals surface area contributed by atoms with Gasteiger partial charge in [-0.1, -0.05) is 18.2 Å². The van der Waals surface area contributed by atoms with Crippen LogP contribution >= 0.6 is 11.7 Å². The highest BCUT2D eigenvalue weighted by Crippen LogP contribution is 2.28. The van der Waals surface area contributed by atoms with Gasteiger partial charge < -0.3 is 5.32 Å². The molecule has 7 nitrogen and oxygen atoms in total. The first-order valence-electron chi connectivity index (χ1n) is 9.19. The summed E-state index contributed by atoms with van der Waals surface area (Å²) in [6, 6.07) is 10.9. The van der Waals surface area contributed by atoms with E-state index in [1.54, 1.807) is 30.3 Å². The number of benzene rings is 2. The summed E-state index contributed by atoms with van der Waals surface area (Å²) >= 11 is 0.982. The topological polar surface area (TPSA) is 92.3 Å². The summed E-state index contributed by atoms with van der Waals surface area (Å²) in [5, 5.41) is 2.85. The monoisotopic (exact) mass is 434 g/mol. The number of nitrogens with zero attached hydrogens (tertiary/aromatic N) is 3. The highest BCUT2D eigenvalue weighted by molar-refractivity contribution is 7.89. The zero-order chi connectivity index (χ0) is 20.4. The lowest BCUT2D eigenvalue weighted by Gasteiger charge is -2.30. The van der Waals surface area contributed by atoms with Gasteiger partial charge in [-0.3, -0.25) is 4.79 Å². The van der Waals surface area contributed by atoms with Crippen molar-refractivity contribution in [2.45, 2.75) is 24.3 Å². The van der Waals surface area contributed by atoms with Crippen molar-refractivity contribution in [3.05, 3.63) is 53.8 Å². The van der Waals surface area contributed by atoms with Gasteiger partial charge in [0.05, 0.1) is 11.7 Å². The van der Waals surface area contributed by atoms with E-state index >= 15 is 0 Å². The fraction of sp³-hybridized carbons (Fsp3) is 0.316. The van der Waals surface area contributed by atoms with Gasteiger partial charge in [0, 0.05) is 25.6 Å². The summed E-state index contributed by atoms with van der Waals surface area (Å²) in [7, 11) is -3.70. The summed E-state index contributed by atoms with van der Waals surface area (Å²) < 4.78 is 48.7. The van der Waals surface area contributed by atoms with Gasteiger partial charge in [0.1, 0.15) is 21.7 Å². The van der Waals surface area contributed by atoms with Crippen molar-refractivity contribution >= 4 is 38.7 Å². The number of fused-ring (bicyclic) bond motifs is 1. The fourth-order valence-electron chi connectivity index (χ4n) is 3.42. The van der Waals surface area contributed by atoms with Gasteiger partial charge in [-0.05, 0) is 42.7 Å². The molecule has 0 saturated carbocycles. The smallest absolute Gasteiger partial charge is 0.245 e. The standard InChI is InChI=1S/C19H19FN4O3S2/c20-15-6-4-13(5-7-15)12-21-19(25)14-8-10-24(11-9-14)29(26,27)17-3-1-2-16-18(17)23-28-22-16/h1-7,14H,8-12H2,(H,21,25). The molecule has 0 unspecified atom stereocenters. The van der Waals surface area contributed by atoms with Crippen LogP contribution in [0.1, 0.15) is 18.4 Å². The number of piperidine rings is 1. The fourth-order valence-corrected chi connectivity index (χ4v) is 5.64. The zero-order valence-corrected chi connectivity index (χ0v) is 17.0. The molecule has 10 heteroatoms. The molecule has 1 N–H and O–H groups in total. The summed E-state index contributed by atoms with van der Waals surface area (Å²) in [4.78, 5) is 12.6. The van der Waals surface area contributed by atoms with E-state index in [-0.39, 0.29) is 35.6 Å². The van der Waals surface area contributed by atoms with Crippen LogP contribution in [-0.4, -0.2) is 40.5 Å². The maximum atomic E-state index is 13.0. The van der Waals surface area contributed by atoms with Crippen LogP contribution in [0, 0.1) is 11.7 Å². The maximum Gasteiger partial charge on any atom is 0.245 e. The predicted molar refractivity (Wildman–Crippen MR) is 107 cm³/mol. The van der Waals surface area contributed by atoms with Gasteiger partial charge in [0.25, 0.3) is 0 Å². The van der Waals surface area contributed by atoms with Gasteiger partial charge >= 0.3 is 0 Å². The van der Waals surface area contributed by atoms with Crippen LogP contribution in [0.2, 0.25) is 0 Å². The first-order chi connectivity index (χ1) is 13.9. The Bertz CT molecular complexity index is 1120.